The Morgan fingerprint density at radius 1 is 1.09 bits per heavy atom. The molecule has 0 aliphatic carbocycles. The van der Waals surface area contributed by atoms with E-state index in [0.717, 1.165) is 16.9 Å². The highest BCUT2D eigenvalue weighted by molar-refractivity contribution is 5.88. The maximum absolute atomic E-state index is 10.9. The zero-order chi connectivity index (χ0) is 15.5. The Morgan fingerprint density at radius 2 is 1.77 bits per heavy atom. The van der Waals surface area contributed by atoms with Crippen molar-refractivity contribution in [3.8, 4) is 16.9 Å². The highest BCUT2D eigenvalue weighted by Crippen LogP contribution is 2.22. The lowest BCUT2D eigenvalue weighted by molar-refractivity contribution is 0.0697. The van der Waals surface area contributed by atoms with Crippen molar-refractivity contribution in [1.29, 1.82) is 5.41 Å². The van der Waals surface area contributed by atoms with E-state index in [9.17, 15) is 4.79 Å². The maximum Gasteiger partial charge on any atom is 0.335 e. The van der Waals surface area contributed by atoms with E-state index in [-0.39, 0.29) is 5.56 Å². The van der Waals surface area contributed by atoms with Crippen LogP contribution in [0.15, 0.2) is 60.8 Å². The van der Waals surface area contributed by atoms with E-state index < -0.39 is 5.97 Å². The lowest BCUT2D eigenvalue weighted by Gasteiger charge is -2.02. The van der Waals surface area contributed by atoms with Gasteiger partial charge in [0.15, 0.2) is 0 Å². The molecule has 5 heteroatoms. The number of nitrogens with zero attached hydrogens (tertiary/aromatic N) is 2. The summed E-state index contributed by atoms with van der Waals surface area (Å²) in [5.74, 6) is -0.961. The van der Waals surface area contributed by atoms with Gasteiger partial charge in [-0.1, -0.05) is 30.3 Å². The van der Waals surface area contributed by atoms with Crippen LogP contribution in [0.3, 0.4) is 0 Å². The Labute approximate surface area is 127 Å². The van der Waals surface area contributed by atoms with E-state index in [2.05, 4.69) is 5.10 Å². The third-order valence-corrected chi connectivity index (χ3v) is 3.32. The second-order valence-electron chi connectivity index (χ2n) is 4.74. The van der Waals surface area contributed by atoms with Gasteiger partial charge in [0.1, 0.15) is 5.69 Å². The smallest absolute Gasteiger partial charge is 0.335 e. The lowest BCUT2D eigenvalue weighted by atomic mass is 10.1. The second-order valence-corrected chi connectivity index (χ2v) is 4.74. The van der Waals surface area contributed by atoms with E-state index in [1.165, 1.54) is 18.3 Å². The van der Waals surface area contributed by atoms with Crippen LogP contribution in [0, 0.1) is 5.41 Å². The first-order chi connectivity index (χ1) is 10.7. The number of benzene rings is 2. The summed E-state index contributed by atoms with van der Waals surface area (Å²) in [5, 5.41) is 21.0. The minimum atomic E-state index is -0.961. The fraction of sp³-hybridized carbons (Fsp3) is 0. The quantitative estimate of drug-likeness (QED) is 0.724. The Hall–Kier alpha value is -3.21. The molecule has 2 N–H and O–H groups in total. The highest BCUT2D eigenvalue weighted by Gasteiger charge is 2.11. The summed E-state index contributed by atoms with van der Waals surface area (Å²) >= 11 is 0. The van der Waals surface area contributed by atoms with Crippen LogP contribution in [0.2, 0.25) is 0 Å². The standard InChI is InChI=1S/C17H13N3O2/c18-10-14-11-20(15-8-6-13(7-9-15)17(21)22)19-16(14)12-4-2-1-3-5-12/h1-11,18H,(H,21,22). The molecule has 0 atom stereocenters. The molecule has 3 aromatic rings. The van der Waals surface area contributed by atoms with Crippen LogP contribution >= 0.6 is 0 Å². The number of aromatic nitrogens is 2. The van der Waals surface area contributed by atoms with Gasteiger partial charge in [-0.25, -0.2) is 9.48 Å². The molecule has 0 saturated heterocycles. The van der Waals surface area contributed by atoms with Crippen molar-refractivity contribution >= 4 is 12.2 Å². The third kappa shape index (κ3) is 2.52. The Bertz CT molecular complexity index is 821. The minimum absolute atomic E-state index is 0.228. The van der Waals surface area contributed by atoms with E-state index in [1.807, 2.05) is 30.3 Å². The van der Waals surface area contributed by atoms with Gasteiger partial charge in [0, 0.05) is 23.5 Å². The molecule has 0 radical (unpaired) electrons. The molecular weight excluding hydrogens is 278 g/mol. The summed E-state index contributed by atoms with van der Waals surface area (Å²) in [7, 11) is 0. The molecule has 5 nitrogen and oxygen atoms in total. The Kier molecular flexibility index (Phi) is 3.53. The van der Waals surface area contributed by atoms with E-state index in [0.29, 0.717) is 5.56 Å². The number of carbonyl (C=O) groups is 1. The molecule has 0 aliphatic heterocycles. The number of carboxylic acids is 1. The van der Waals surface area contributed by atoms with Crippen LogP contribution in [-0.4, -0.2) is 27.1 Å². The second kappa shape index (κ2) is 5.65. The fourth-order valence-electron chi connectivity index (χ4n) is 2.20. The SMILES string of the molecule is N=Cc1cn(-c2ccc(C(=O)O)cc2)nc1-c1ccccc1. The molecule has 108 valence electrons. The Balaban J connectivity index is 2.04. The van der Waals surface area contributed by atoms with E-state index in [4.69, 9.17) is 10.5 Å². The van der Waals surface area contributed by atoms with E-state index >= 15 is 0 Å². The topological polar surface area (TPSA) is 79.0 Å². The van der Waals surface area contributed by atoms with Crippen LogP contribution < -0.4 is 0 Å². The number of carboxylic acid groups (broad SMARTS) is 1. The number of nitrogens with one attached hydrogen (secondary N) is 1. The number of hydrogen-bond acceptors (Lipinski definition) is 3. The third-order valence-electron chi connectivity index (χ3n) is 3.32. The molecule has 0 aliphatic rings. The number of aromatic carboxylic acids is 1. The molecular formula is C17H13N3O2. The zero-order valence-corrected chi connectivity index (χ0v) is 11.6. The summed E-state index contributed by atoms with van der Waals surface area (Å²) < 4.78 is 1.65. The van der Waals surface area contributed by atoms with Gasteiger partial charge in [-0.3, -0.25) is 0 Å². The van der Waals surface area contributed by atoms with Crippen LogP contribution in [0.25, 0.3) is 16.9 Å². The summed E-state index contributed by atoms with van der Waals surface area (Å²) in [6.07, 6.45) is 3.02. The van der Waals surface area contributed by atoms with Gasteiger partial charge >= 0.3 is 5.97 Å². The molecule has 1 heterocycles. The van der Waals surface area contributed by atoms with Gasteiger partial charge in [-0.15, -0.1) is 0 Å². The monoisotopic (exact) mass is 291 g/mol. The molecule has 3 rings (SSSR count). The van der Waals surface area contributed by atoms with Gasteiger partial charge in [0.25, 0.3) is 0 Å². The van der Waals surface area contributed by atoms with Gasteiger partial charge in [0.2, 0.25) is 0 Å². The van der Waals surface area contributed by atoms with Crippen molar-refractivity contribution in [3.63, 3.8) is 0 Å². The van der Waals surface area contributed by atoms with Crippen molar-refractivity contribution < 1.29 is 9.90 Å². The van der Waals surface area contributed by atoms with Crippen molar-refractivity contribution in [2.75, 3.05) is 0 Å². The molecule has 2 aromatic carbocycles. The molecule has 0 unspecified atom stereocenters. The fourth-order valence-corrected chi connectivity index (χ4v) is 2.20. The van der Waals surface area contributed by atoms with Crippen molar-refractivity contribution in [2.24, 2.45) is 0 Å². The van der Waals surface area contributed by atoms with E-state index in [1.54, 1.807) is 23.0 Å². The molecule has 0 spiro atoms. The molecule has 0 fully saturated rings. The van der Waals surface area contributed by atoms with Crippen molar-refractivity contribution in [1.82, 2.24) is 9.78 Å². The minimum Gasteiger partial charge on any atom is -0.478 e. The van der Waals surface area contributed by atoms with Gasteiger partial charge < -0.3 is 10.5 Å². The highest BCUT2D eigenvalue weighted by atomic mass is 16.4. The average Bonchev–Trinajstić information content (AvgIpc) is 3.00. The number of rotatable bonds is 4. The Morgan fingerprint density at radius 3 is 2.36 bits per heavy atom. The average molecular weight is 291 g/mol. The first-order valence-electron chi connectivity index (χ1n) is 6.68. The summed E-state index contributed by atoms with van der Waals surface area (Å²) in [6, 6.07) is 16.1. The summed E-state index contributed by atoms with van der Waals surface area (Å²) in [4.78, 5) is 10.9. The van der Waals surface area contributed by atoms with Gasteiger partial charge in [0.05, 0.1) is 11.3 Å². The first kappa shape index (κ1) is 13.8. The summed E-state index contributed by atoms with van der Waals surface area (Å²) in [6.45, 7) is 0. The zero-order valence-electron chi connectivity index (χ0n) is 11.6. The van der Waals surface area contributed by atoms with Crippen LogP contribution in [-0.2, 0) is 0 Å². The molecule has 0 bridgehead atoms. The molecule has 22 heavy (non-hydrogen) atoms. The molecule has 1 aromatic heterocycles. The molecule has 0 amide bonds. The first-order valence-corrected chi connectivity index (χ1v) is 6.68. The largest absolute Gasteiger partial charge is 0.478 e. The van der Waals surface area contributed by atoms with Crippen LogP contribution in [0.4, 0.5) is 0 Å². The van der Waals surface area contributed by atoms with Crippen molar-refractivity contribution in [3.05, 3.63) is 71.9 Å². The normalized spacial score (nSPS) is 10.4. The van der Waals surface area contributed by atoms with Gasteiger partial charge in [-0.2, -0.15) is 5.10 Å². The number of hydrogen-bond donors (Lipinski definition) is 2. The van der Waals surface area contributed by atoms with Crippen LogP contribution in [0.1, 0.15) is 15.9 Å². The van der Waals surface area contributed by atoms with Crippen molar-refractivity contribution in [2.45, 2.75) is 0 Å². The lowest BCUT2D eigenvalue weighted by Crippen LogP contribution is -1.98. The maximum atomic E-state index is 10.9. The van der Waals surface area contributed by atoms with Gasteiger partial charge in [-0.05, 0) is 24.3 Å². The van der Waals surface area contributed by atoms with Crippen LogP contribution in [0.5, 0.6) is 0 Å². The predicted octanol–water partition coefficient (Wildman–Crippen LogP) is 3.24. The molecule has 0 saturated carbocycles. The summed E-state index contributed by atoms with van der Waals surface area (Å²) in [5.41, 5.74) is 3.33. The predicted molar refractivity (Wildman–Crippen MR) is 83.8 cm³/mol.